The molecule has 12 heavy (non-hydrogen) atoms. The van der Waals surface area contributed by atoms with Gasteiger partial charge >= 0.3 is 0 Å². The van der Waals surface area contributed by atoms with Crippen LogP contribution in [-0.2, 0) is 4.79 Å². The Morgan fingerprint density at radius 3 is 2.58 bits per heavy atom. The van der Waals surface area contributed by atoms with Crippen LogP contribution in [0.1, 0.15) is 26.2 Å². The number of rotatable bonds is 2. The first-order chi connectivity index (χ1) is 5.61. The molecule has 0 unspecified atom stereocenters. The predicted octanol–water partition coefficient (Wildman–Crippen LogP) is 2.93. The lowest BCUT2D eigenvalue weighted by atomic mass is 10.2. The number of allylic oxidation sites excluding steroid dienone is 2. The second-order valence-corrected chi connectivity index (χ2v) is 9.08. The highest BCUT2D eigenvalue weighted by molar-refractivity contribution is 6.85. The van der Waals surface area contributed by atoms with E-state index in [-0.39, 0.29) is 0 Å². The van der Waals surface area contributed by atoms with Crippen molar-refractivity contribution >= 4 is 14.4 Å². The van der Waals surface area contributed by atoms with E-state index < -0.39 is 8.07 Å². The minimum atomic E-state index is -1.13. The molecule has 0 bridgehead atoms. The maximum atomic E-state index is 10.8. The monoisotopic (exact) mass is 182 g/mol. The third kappa shape index (κ3) is 1.68. The van der Waals surface area contributed by atoms with Gasteiger partial charge in [-0.2, -0.15) is 0 Å². The van der Waals surface area contributed by atoms with Gasteiger partial charge in [-0.05, 0) is 18.4 Å². The quantitative estimate of drug-likeness (QED) is 0.364. The summed E-state index contributed by atoms with van der Waals surface area (Å²) in [5.41, 5.74) is 1.10. The number of hydrogen-bond acceptors (Lipinski definition) is 1. The van der Waals surface area contributed by atoms with E-state index in [1.807, 2.05) is 0 Å². The molecule has 1 aliphatic heterocycles. The normalized spacial score (nSPS) is 25.6. The van der Waals surface area contributed by atoms with Crippen molar-refractivity contribution in [3.8, 4) is 0 Å². The Balaban J connectivity index is 2.98. The Bertz CT molecular complexity index is 216. The molecular weight excluding hydrogens is 164 g/mol. The van der Waals surface area contributed by atoms with Crippen molar-refractivity contribution in [2.45, 2.75) is 45.3 Å². The molecule has 68 valence electrons. The van der Waals surface area contributed by atoms with Crippen LogP contribution in [-0.4, -0.2) is 14.4 Å². The van der Waals surface area contributed by atoms with Crippen molar-refractivity contribution in [3.63, 3.8) is 0 Å². The van der Waals surface area contributed by atoms with Crippen molar-refractivity contribution in [1.29, 1.82) is 0 Å². The second kappa shape index (κ2) is 3.56. The maximum absolute atomic E-state index is 10.8. The highest BCUT2D eigenvalue weighted by Gasteiger charge is 2.32. The maximum Gasteiger partial charge on any atom is 0.145 e. The average molecular weight is 182 g/mol. The van der Waals surface area contributed by atoms with Crippen LogP contribution in [0.5, 0.6) is 0 Å². The molecule has 0 atom stereocenters. The van der Waals surface area contributed by atoms with Crippen LogP contribution < -0.4 is 0 Å². The van der Waals surface area contributed by atoms with Crippen LogP contribution in [0, 0.1) is 0 Å². The molecular formula is C10H18OSi. The first-order valence-corrected chi connectivity index (χ1v) is 8.00. The van der Waals surface area contributed by atoms with Crippen LogP contribution in [0.4, 0.5) is 0 Å². The fraction of sp³-hybridized carbons (Fsp3) is 0.700. The molecule has 0 radical (unpaired) electrons. The van der Waals surface area contributed by atoms with Crippen LogP contribution >= 0.6 is 0 Å². The molecule has 0 aliphatic carbocycles. The Morgan fingerprint density at radius 2 is 2.25 bits per heavy atom. The van der Waals surface area contributed by atoms with E-state index in [0.717, 1.165) is 18.3 Å². The molecule has 1 nitrogen and oxygen atoms in total. The van der Waals surface area contributed by atoms with E-state index in [4.69, 9.17) is 0 Å². The molecule has 1 fully saturated rings. The molecule has 0 spiro atoms. The van der Waals surface area contributed by atoms with Crippen LogP contribution in [0.25, 0.3) is 0 Å². The van der Waals surface area contributed by atoms with Gasteiger partial charge in [0, 0.05) is 0 Å². The molecule has 1 rings (SSSR count). The molecule has 0 aromatic heterocycles. The lowest BCUT2D eigenvalue weighted by Gasteiger charge is -2.18. The summed E-state index contributed by atoms with van der Waals surface area (Å²) in [4.78, 5) is 10.8. The highest BCUT2D eigenvalue weighted by Crippen LogP contribution is 2.36. The van der Waals surface area contributed by atoms with Crippen molar-refractivity contribution in [3.05, 3.63) is 10.8 Å². The van der Waals surface area contributed by atoms with Gasteiger partial charge in [0.15, 0.2) is 0 Å². The molecule has 1 saturated heterocycles. The van der Waals surface area contributed by atoms with Crippen molar-refractivity contribution in [2.24, 2.45) is 0 Å². The molecule has 0 aromatic rings. The largest absolute Gasteiger partial charge is 0.298 e. The average Bonchev–Trinajstić information content (AvgIpc) is 2.34. The van der Waals surface area contributed by atoms with E-state index >= 15 is 0 Å². The van der Waals surface area contributed by atoms with Gasteiger partial charge in [0.25, 0.3) is 0 Å². The number of carbonyl (C=O) groups is 1. The van der Waals surface area contributed by atoms with E-state index in [9.17, 15) is 4.79 Å². The van der Waals surface area contributed by atoms with Gasteiger partial charge in [-0.3, -0.25) is 4.79 Å². The lowest BCUT2D eigenvalue weighted by molar-refractivity contribution is -0.105. The second-order valence-electron chi connectivity index (χ2n) is 4.21. The summed E-state index contributed by atoms with van der Waals surface area (Å²) >= 11 is 0. The molecule has 0 N–H and O–H groups in total. The Kier molecular flexibility index (Phi) is 2.88. The Hall–Kier alpha value is -0.373. The van der Waals surface area contributed by atoms with Crippen LogP contribution in [0.2, 0.25) is 19.1 Å². The molecule has 0 amide bonds. The Labute approximate surface area is 75.9 Å². The zero-order chi connectivity index (χ0) is 9.19. The minimum absolute atomic E-state index is 0.926. The van der Waals surface area contributed by atoms with Gasteiger partial charge in [-0.1, -0.05) is 37.7 Å². The number of hydrogen-bond donors (Lipinski definition) is 0. The zero-order valence-corrected chi connectivity index (χ0v) is 9.31. The van der Waals surface area contributed by atoms with E-state index in [2.05, 4.69) is 20.0 Å². The molecule has 0 aromatic carbocycles. The van der Waals surface area contributed by atoms with Gasteiger partial charge in [0.1, 0.15) is 6.29 Å². The summed E-state index contributed by atoms with van der Waals surface area (Å²) in [6, 6.07) is 1.37. The van der Waals surface area contributed by atoms with E-state index in [1.54, 1.807) is 5.20 Å². The SMILES string of the molecule is CC/C(C=O)=C1/CCC[Si]1(C)C. The van der Waals surface area contributed by atoms with Crippen molar-refractivity contribution in [2.75, 3.05) is 0 Å². The number of carbonyl (C=O) groups excluding carboxylic acids is 1. The number of aldehydes is 1. The summed E-state index contributed by atoms with van der Waals surface area (Å²) < 4.78 is 0. The minimum Gasteiger partial charge on any atom is -0.298 e. The standard InChI is InChI=1S/C10H18OSi/c1-4-9(8-11)10-6-5-7-12(10,2)3/h8H,4-7H2,1-3H3/b10-9+. The summed E-state index contributed by atoms with van der Waals surface area (Å²) in [5.74, 6) is 0. The molecule has 2 heteroatoms. The first kappa shape index (κ1) is 9.71. The van der Waals surface area contributed by atoms with E-state index in [0.29, 0.717) is 0 Å². The fourth-order valence-corrected chi connectivity index (χ4v) is 5.48. The first-order valence-electron chi connectivity index (χ1n) is 4.79. The van der Waals surface area contributed by atoms with Crippen molar-refractivity contribution in [1.82, 2.24) is 0 Å². The molecule has 1 heterocycles. The van der Waals surface area contributed by atoms with Gasteiger partial charge in [0.2, 0.25) is 0 Å². The van der Waals surface area contributed by atoms with Gasteiger partial charge in [0.05, 0.1) is 8.07 Å². The third-order valence-corrected chi connectivity index (χ3v) is 6.76. The summed E-state index contributed by atoms with van der Waals surface area (Å²) in [5, 5.41) is 1.54. The topological polar surface area (TPSA) is 17.1 Å². The Morgan fingerprint density at radius 1 is 1.58 bits per heavy atom. The van der Waals surface area contributed by atoms with E-state index in [1.165, 1.54) is 18.9 Å². The summed E-state index contributed by atoms with van der Waals surface area (Å²) in [6.07, 6.45) is 4.51. The zero-order valence-electron chi connectivity index (χ0n) is 8.31. The smallest absolute Gasteiger partial charge is 0.145 e. The van der Waals surface area contributed by atoms with Gasteiger partial charge in [-0.15, -0.1) is 0 Å². The predicted molar refractivity (Wildman–Crippen MR) is 54.9 cm³/mol. The lowest BCUT2D eigenvalue weighted by Crippen LogP contribution is -2.24. The van der Waals surface area contributed by atoms with Crippen molar-refractivity contribution < 1.29 is 4.79 Å². The van der Waals surface area contributed by atoms with Crippen LogP contribution in [0.3, 0.4) is 0 Å². The highest BCUT2D eigenvalue weighted by atomic mass is 28.3. The molecule has 0 saturated carbocycles. The third-order valence-electron chi connectivity index (χ3n) is 2.96. The molecule has 1 aliphatic rings. The van der Waals surface area contributed by atoms with Crippen LogP contribution in [0.15, 0.2) is 10.8 Å². The summed E-state index contributed by atoms with van der Waals surface area (Å²) in [6.45, 7) is 6.85. The van der Waals surface area contributed by atoms with Gasteiger partial charge < -0.3 is 0 Å². The summed E-state index contributed by atoms with van der Waals surface area (Å²) in [7, 11) is -1.13. The fourth-order valence-electron chi connectivity index (χ4n) is 2.16. The van der Waals surface area contributed by atoms with Gasteiger partial charge in [-0.25, -0.2) is 0 Å².